The lowest BCUT2D eigenvalue weighted by Gasteiger charge is -2.07. The predicted molar refractivity (Wildman–Crippen MR) is 57.0 cm³/mol. The second kappa shape index (κ2) is 6.57. The molecule has 0 aliphatic heterocycles. The third-order valence-electron chi connectivity index (χ3n) is 2.28. The molecule has 0 saturated heterocycles. The summed E-state index contributed by atoms with van der Waals surface area (Å²) >= 11 is 0. The summed E-state index contributed by atoms with van der Waals surface area (Å²) in [6.07, 6.45) is 3.32. The Morgan fingerprint density at radius 3 is 2.57 bits per heavy atom. The minimum Gasteiger partial charge on any atom is -0.368 e. The summed E-state index contributed by atoms with van der Waals surface area (Å²) in [6.45, 7) is 0. The first-order valence-corrected chi connectivity index (χ1v) is 5.07. The molecule has 2 nitrogen and oxygen atoms in total. The number of methoxy groups -OCH3 is 1. The highest BCUT2D eigenvalue weighted by Crippen LogP contribution is 2.07. The van der Waals surface area contributed by atoms with Gasteiger partial charge < -0.3 is 9.84 Å². The van der Waals surface area contributed by atoms with Gasteiger partial charge in [-0.2, -0.15) is 0 Å². The van der Waals surface area contributed by atoms with Crippen LogP contribution in [0.1, 0.15) is 24.8 Å². The van der Waals surface area contributed by atoms with Gasteiger partial charge in [-0.1, -0.05) is 30.3 Å². The Bertz CT molecular complexity index is 233. The number of aryl methyl sites for hydroxylation is 1. The van der Waals surface area contributed by atoms with Gasteiger partial charge in [0.1, 0.15) is 0 Å². The van der Waals surface area contributed by atoms with Gasteiger partial charge in [0.2, 0.25) is 0 Å². The summed E-state index contributed by atoms with van der Waals surface area (Å²) in [6, 6.07) is 10.4. The molecule has 1 aromatic rings. The van der Waals surface area contributed by atoms with E-state index in [2.05, 4.69) is 24.3 Å². The van der Waals surface area contributed by atoms with E-state index in [-0.39, 0.29) is 0 Å². The quantitative estimate of drug-likeness (QED) is 0.556. The van der Waals surface area contributed by atoms with Gasteiger partial charge in [-0.05, 0) is 31.2 Å². The Labute approximate surface area is 85.5 Å². The molecule has 1 unspecified atom stereocenters. The first-order chi connectivity index (χ1) is 6.83. The van der Waals surface area contributed by atoms with E-state index in [4.69, 9.17) is 9.84 Å². The highest BCUT2D eigenvalue weighted by atomic mass is 16.6. The summed E-state index contributed by atoms with van der Waals surface area (Å²) < 4.78 is 4.76. The van der Waals surface area contributed by atoms with Crippen LogP contribution >= 0.6 is 0 Å². The number of ether oxygens (including phenoxy) is 1. The minimum atomic E-state index is -0.592. The molecule has 2 heteroatoms. The molecule has 14 heavy (non-hydrogen) atoms. The molecule has 0 heterocycles. The first-order valence-electron chi connectivity index (χ1n) is 5.07. The largest absolute Gasteiger partial charge is 0.368 e. The molecule has 0 aromatic heterocycles. The maximum absolute atomic E-state index is 9.13. The van der Waals surface area contributed by atoms with Crippen LogP contribution in [0, 0.1) is 0 Å². The number of benzene rings is 1. The van der Waals surface area contributed by atoms with Crippen molar-refractivity contribution in [3.05, 3.63) is 35.9 Å². The van der Waals surface area contributed by atoms with Gasteiger partial charge in [-0.15, -0.1) is 0 Å². The van der Waals surface area contributed by atoms with Gasteiger partial charge in [-0.3, -0.25) is 0 Å². The standard InChI is InChI=1S/C12H18O2/c1-14-12(13)10-6-5-9-11-7-3-2-4-8-11/h2-4,7-8,12-13H,5-6,9-10H2,1H3. The Morgan fingerprint density at radius 2 is 1.93 bits per heavy atom. The normalized spacial score (nSPS) is 12.7. The zero-order chi connectivity index (χ0) is 10.2. The van der Waals surface area contributed by atoms with E-state index < -0.39 is 6.29 Å². The molecule has 0 bridgehead atoms. The smallest absolute Gasteiger partial charge is 0.154 e. The summed E-state index contributed by atoms with van der Waals surface area (Å²) in [5.41, 5.74) is 1.36. The Balaban J connectivity index is 2.10. The highest BCUT2D eigenvalue weighted by molar-refractivity contribution is 5.14. The van der Waals surface area contributed by atoms with E-state index in [1.54, 1.807) is 0 Å². The zero-order valence-corrected chi connectivity index (χ0v) is 8.65. The van der Waals surface area contributed by atoms with Gasteiger partial charge in [0.25, 0.3) is 0 Å². The lowest BCUT2D eigenvalue weighted by molar-refractivity contribution is -0.0792. The zero-order valence-electron chi connectivity index (χ0n) is 8.65. The Hall–Kier alpha value is -0.860. The van der Waals surface area contributed by atoms with Crippen molar-refractivity contribution in [2.45, 2.75) is 32.0 Å². The lowest BCUT2D eigenvalue weighted by Crippen LogP contribution is -2.08. The topological polar surface area (TPSA) is 29.5 Å². The van der Waals surface area contributed by atoms with Crippen molar-refractivity contribution in [1.82, 2.24) is 0 Å². The number of hydrogen-bond donors (Lipinski definition) is 1. The van der Waals surface area contributed by atoms with Gasteiger partial charge in [0.15, 0.2) is 6.29 Å². The molecular formula is C12H18O2. The van der Waals surface area contributed by atoms with Crippen LogP contribution in [0.15, 0.2) is 30.3 Å². The first kappa shape index (κ1) is 11.2. The fourth-order valence-electron chi connectivity index (χ4n) is 1.41. The van der Waals surface area contributed by atoms with Crippen LogP contribution in [0.25, 0.3) is 0 Å². The van der Waals surface area contributed by atoms with Crippen LogP contribution in [0.3, 0.4) is 0 Å². The van der Waals surface area contributed by atoms with Gasteiger partial charge in [-0.25, -0.2) is 0 Å². The number of aliphatic hydroxyl groups is 1. The molecule has 1 rings (SSSR count). The van der Waals surface area contributed by atoms with Crippen LogP contribution in [0.4, 0.5) is 0 Å². The van der Waals surface area contributed by atoms with Crippen LogP contribution in [-0.4, -0.2) is 18.5 Å². The third-order valence-corrected chi connectivity index (χ3v) is 2.28. The second-order valence-electron chi connectivity index (χ2n) is 3.42. The fourth-order valence-corrected chi connectivity index (χ4v) is 1.41. The van der Waals surface area contributed by atoms with Gasteiger partial charge in [0.05, 0.1) is 0 Å². The summed E-state index contributed by atoms with van der Waals surface area (Å²) in [5.74, 6) is 0. The highest BCUT2D eigenvalue weighted by Gasteiger charge is 2.00. The maximum Gasteiger partial charge on any atom is 0.154 e. The Morgan fingerprint density at radius 1 is 1.21 bits per heavy atom. The van der Waals surface area contributed by atoms with E-state index in [0.29, 0.717) is 0 Å². The van der Waals surface area contributed by atoms with E-state index in [0.717, 1.165) is 25.7 Å². The molecule has 0 spiro atoms. The molecule has 1 atom stereocenters. The lowest BCUT2D eigenvalue weighted by atomic mass is 10.1. The average Bonchev–Trinajstić information content (AvgIpc) is 2.25. The van der Waals surface area contributed by atoms with Gasteiger partial charge >= 0.3 is 0 Å². The third kappa shape index (κ3) is 4.40. The fraction of sp³-hybridized carbons (Fsp3) is 0.500. The maximum atomic E-state index is 9.13. The summed E-state index contributed by atoms with van der Waals surface area (Å²) in [5, 5.41) is 9.13. The SMILES string of the molecule is COC(O)CCCCc1ccccc1. The van der Waals surface area contributed by atoms with E-state index in [1.807, 2.05) is 6.07 Å². The second-order valence-corrected chi connectivity index (χ2v) is 3.42. The van der Waals surface area contributed by atoms with E-state index in [1.165, 1.54) is 12.7 Å². The van der Waals surface area contributed by atoms with Crippen molar-refractivity contribution in [3.63, 3.8) is 0 Å². The van der Waals surface area contributed by atoms with Crippen molar-refractivity contribution in [1.29, 1.82) is 0 Å². The van der Waals surface area contributed by atoms with Crippen LogP contribution < -0.4 is 0 Å². The molecule has 1 N–H and O–H groups in total. The monoisotopic (exact) mass is 194 g/mol. The van der Waals surface area contributed by atoms with Crippen molar-refractivity contribution in [2.75, 3.05) is 7.11 Å². The van der Waals surface area contributed by atoms with Crippen molar-refractivity contribution in [3.8, 4) is 0 Å². The van der Waals surface area contributed by atoms with Crippen molar-refractivity contribution < 1.29 is 9.84 Å². The predicted octanol–water partition coefficient (Wildman–Crippen LogP) is 2.36. The number of aliphatic hydroxyl groups excluding tert-OH is 1. The molecular weight excluding hydrogens is 176 g/mol. The number of hydrogen-bond acceptors (Lipinski definition) is 2. The van der Waals surface area contributed by atoms with Crippen molar-refractivity contribution >= 4 is 0 Å². The molecule has 0 aliphatic rings. The van der Waals surface area contributed by atoms with E-state index in [9.17, 15) is 0 Å². The molecule has 78 valence electrons. The molecule has 0 aliphatic carbocycles. The van der Waals surface area contributed by atoms with Crippen LogP contribution in [0.5, 0.6) is 0 Å². The molecule has 0 radical (unpaired) electrons. The summed E-state index contributed by atoms with van der Waals surface area (Å²) in [7, 11) is 1.53. The number of unbranched alkanes of at least 4 members (excludes halogenated alkanes) is 1. The van der Waals surface area contributed by atoms with Crippen LogP contribution in [-0.2, 0) is 11.2 Å². The van der Waals surface area contributed by atoms with Crippen LogP contribution in [0.2, 0.25) is 0 Å². The summed E-state index contributed by atoms with van der Waals surface area (Å²) in [4.78, 5) is 0. The molecule has 1 aromatic carbocycles. The Kier molecular flexibility index (Phi) is 5.27. The number of rotatable bonds is 6. The molecule has 0 fully saturated rings. The molecule has 0 saturated carbocycles. The minimum absolute atomic E-state index is 0.592. The average molecular weight is 194 g/mol. The van der Waals surface area contributed by atoms with Crippen molar-refractivity contribution in [2.24, 2.45) is 0 Å². The molecule has 0 amide bonds. The van der Waals surface area contributed by atoms with Gasteiger partial charge in [0, 0.05) is 7.11 Å². The van der Waals surface area contributed by atoms with E-state index >= 15 is 0 Å².